The molecule has 0 aliphatic rings. The predicted octanol–water partition coefficient (Wildman–Crippen LogP) is 4.50. The lowest BCUT2D eigenvalue weighted by Crippen LogP contribution is -2.19. The molecule has 2 rings (SSSR count). The van der Waals surface area contributed by atoms with Crippen molar-refractivity contribution in [1.29, 1.82) is 0 Å². The number of primary amides is 1. The first kappa shape index (κ1) is 22.8. The van der Waals surface area contributed by atoms with E-state index < -0.39 is 48.2 Å². The highest BCUT2D eigenvalue weighted by Gasteiger charge is 2.40. The molecular weight excluding hydrogens is 421 g/mol. The highest BCUT2D eigenvalue weighted by Crippen LogP contribution is 2.51. The van der Waals surface area contributed by atoms with Crippen LogP contribution in [0.3, 0.4) is 0 Å². The Hall–Kier alpha value is -1.48. The van der Waals surface area contributed by atoms with Gasteiger partial charge in [-0.2, -0.15) is 13.2 Å². The summed E-state index contributed by atoms with van der Waals surface area (Å²) < 4.78 is 60.3. The fraction of sp³-hybridized carbons (Fsp3) is 0.471. The number of hydrogen-bond donors (Lipinski definition) is 3. The second kappa shape index (κ2) is 8.49. The molecule has 1 aromatic heterocycles. The Kier molecular flexibility index (Phi) is 6.91. The summed E-state index contributed by atoms with van der Waals surface area (Å²) in [7, 11) is -1.36. The van der Waals surface area contributed by atoms with Crippen molar-refractivity contribution >= 4 is 36.1 Å². The monoisotopic (exact) mass is 441 g/mol. The molecule has 4 N–H and O–H groups in total. The van der Waals surface area contributed by atoms with Gasteiger partial charge in [-0.25, -0.2) is 4.39 Å². The van der Waals surface area contributed by atoms with Crippen molar-refractivity contribution in [3.8, 4) is 5.75 Å². The molecule has 0 aliphatic heterocycles. The molecule has 1 amide bonds. The van der Waals surface area contributed by atoms with Crippen LogP contribution in [-0.2, 0) is 6.18 Å². The van der Waals surface area contributed by atoms with Crippen LogP contribution in [0.4, 0.5) is 17.6 Å². The van der Waals surface area contributed by atoms with Gasteiger partial charge in [-0.1, -0.05) is 0 Å². The quantitative estimate of drug-likeness (QED) is 0.320. The second-order valence-electron chi connectivity index (χ2n) is 6.81. The number of carbonyl (C=O) groups excluding carboxylic acids is 1. The predicted molar refractivity (Wildman–Crippen MR) is 101 cm³/mol. The fourth-order valence-electron chi connectivity index (χ4n) is 2.65. The van der Waals surface area contributed by atoms with E-state index in [2.05, 4.69) is 0 Å². The van der Waals surface area contributed by atoms with Gasteiger partial charge in [0.05, 0.1) is 36.2 Å². The van der Waals surface area contributed by atoms with E-state index in [0.29, 0.717) is 24.2 Å². The van der Waals surface area contributed by atoms with Gasteiger partial charge in [-0.05, 0) is 38.8 Å². The molecule has 0 aliphatic carbocycles. The Balaban J connectivity index is 2.56. The van der Waals surface area contributed by atoms with Crippen LogP contribution in [0.15, 0.2) is 12.1 Å². The van der Waals surface area contributed by atoms with E-state index in [1.165, 1.54) is 6.07 Å². The topological polar surface area (TPSA) is 92.8 Å². The molecule has 0 fully saturated rings. The van der Waals surface area contributed by atoms with Crippen molar-refractivity contribution in [2.75, 3.05) is 6.61 Å². The van der Waals surface area contributed by atoms with Gasteiger partial charge in [0.15, 0.2) is 5.91 Å². The molecule has 0 bridgehead atoms. The number of fused-ring (bicyclic) bond motifs is 1. The minimum Gasteiger partial charge on any atom is -0.492 e. The van der Waals surface area contributed by atoms with Crippen LogP contribution in [0, 0.1) is 0 Å². The highest BCUT2D eigenvalue weighted by atomic mass is 32.1. The maximum Gasteiger partial charge on any atom is 0.418 e. The summed E-state index contributed by atoms with van der Waals surface area (Å²) in [6.07, 6.45) is -4.11. The highest BCUT2D eigenvalue weighted by molar-refractivity contribution is 7.33. The smallest absolute Gasteiger partial charge is 0.418 e. The molecule has 0 radical (unpaired) electrons. The molecule has 156 valence electrons. The van der Waals surface area contributed by atoms with E-state index in [1.54, 1.807) is 13.8 Å². The molecule has 2 unspecified atom stereocenters. The van der Waals surface area contributed by atoms with Gasteiger partial charge < -0.3 is 20.5 Å². The lowest BCUT2D eigenvalue weighted by atomic mass is 10.0. The molecule has 5 nitrogen and oxygen atoms in total. The minimum absolute atomic E-state index is 0.0106. The summed E-state index contributed by atoms with van der Waals surface area (Å²) in [5.41, 5.74) is 2.83. The van der Waals surface area contributed by atoms with E-state index in [4.69, 9.17) is 15.4 Å². The summed E-state index contributed by atoms with van der Waals surface area (Å²) in [5, 5.41) is 9.32. The molecular formula is C17H20F4NO4PS. The molecule has 2 atom stereocenters. The van der Waals surface area contributed by atoms with Gasteiger partial charge in [0.25, 0.3) is 0 Å². The average Bonchev–Trinajstić information content (AvgIpc) is 2.96. The van der Waals surface area contributed by atoms with Gasteiger partial charge in [0.2, 0.25) is 5.91 Å². The summed E-state index contributed by atoms with van der Waals surface area (Å²) in [6.45, 7) is 3.28. The van der Waals surface area contributed by atoms with E-state index in [0.717, 1.165) is 6.07 Å². The largest absolute Gasteiger partial charge is 0.492 e. The van der Waals surface area contributed by atoms with Crippen molar-refractivity contribution in [2.45, 2.75) is 44.4 Å². The van der Waals surface area contributed by atoms with E-state index >= 15 is 0 Å². The number of nitrogens with two attached hydrogens (primary N) is 1. The molecule has 2 aromatic rings. The van der Waals surface area contributed by atoms with Crippen LogP contribution in [0.1, 0.15) is 53.4 Å². The first-order chi connectivity index (χ1) is 12.8. The van der Waals surface area contributed by atoms with E-state index in [1.807, 2.05) is 0 Å². The number of aliphatic hydroxyl groups is 1. The zero-order valence-electron chi connectivity index (χ0n) is 15.1. The van der Waals surface area contributed by atoms with Crippen LogP contribution in [0.5, 0.6) is 5.75 Å². The summed E-state index contributed by atoms with van der Waals surface area (Å²) in [4.78, 5) is 19.9. The van der Waals surface area contributed by atoms with Crippen molar-refractivity contribution in [3.05, 3.63) is 28.1 Å². The Labute approximate surface area is 164 Å². The Morgan fingerprint density at radius 3 is 2.50 bits per heavy atom. The normalized spacial score (nSPS) is 14.1. The van der Waals surface area contributed by atoms with Crippen molar-refractivity contribution in [1.82, 2.24) is 0 Å². The van der Waals surface area contributed by atoms with Crippen LogP contribution in [-0.4, -0.2) is 28.1 Å². The van der Waals surface area contributed by atoms with Crippen molar-refractivity contribution in [3.63, 3.8) is 0 Å². The minimum atomic E-state index is -4.90. The van der Waals surface area contributed by atoms with E-state index in [-0.39, 0.29) is 22.6 Å². The first-order valence-corrected chi connectivity index (χ1v) is 10.1. The third kappa shape index (κ3) is 5.31. The zero-order valence-corrected chi connectivity index (χ0v) is 16.9. The van der Waals surface area contributed by atoms with E-state index in [9.17, 15) is 27.5 Å². The molecule has 11 heteroatoms. The van der Waals surface area contributed by atoms with Crippen molar-refractivity contribution < 1.29 is 37.1 Å². The summed E-state index contributed by atoms with van der Waals surface area (Å²) >= 11 is 0.520. The van der Waals surface area contributed by atoms with Crippen molar-refractivity contribution in [2.24, 2.45) is 5.73 Å². The Morgan fingerprint density at radius 1 is 1.36 bits per heavy atom. The van der Waals surface area contributed by atoms with Crippen LogP contribution < -0.4 is 10.5 Å². The Morgan fingerprint density at radius 2 is 2.00 bits per heavy atom. The van der Waals surface area contributed by atoms with Gasteiger partial charge in [0, 0.05) is 10.9 Å². The molecule has 0 saturated carbocycles. The van der Waals surface area contributed by atoms with Gasteiger partial charge in [-0.15, -0.1) is 11.3 Å². The SMILES string of the molecule is CC(C)(O)CCCOc1cc(C(N)=O)cc2c(C(F)(F)F)c(C(F)PO)sc12. The lowest BCUT2D eigenvalue weighted by Gasteiger charge is -2.17. The van der Waals surface area contributed by atoms with Crippen LogP contribution in [0.2, 0.25) is 0 Å². The average molecular weight is 441 g/mol. The number of benzene rings is 1. The maximum atomic E-state index is 14.0. The summed E-state index contributed by atoms with van der Waals surface area (Å²) in [6, 6.07) is 2.17. The fourth-order valence-corrected chi connectivity index (χ4v) is 4.39. The number of amides is 1. The second-order valence-corrected chi connectivity index (χ2v) is 8.63. The number of hydrogen-bond acceptors (Lipinski definition) is 5. The zero-order chi connectivity index (χ0) is 21.3. The van der Waals surface area contributed by atoms with Gasteiger partial charge in [0.1, 0.15) is 5.75 Å². The molecule has 1 heterocycles. The number of carbonyl (C=O) groups is 1. The van der Waals surface area contributed by atoms with Crippen LogP contribution in [0.25, 0.3) is 10.1 Å². The molecule has 0 saturated heterocycles. The third-order valence-corrected chi connectivity index (χ3v) is 5.87. The summed E-state index contributed by atoms with van der Waals surface area (Å²) in [5.74, 6) is -3.18. The van der Waals surface area contributed by atoms with Gasteiger partial charge >= 0.3 is 6.18 Å². The molecule has 1 aromatic carbocycles. The van der Waals surface area contributed by atoms with Crippen LogP contribution >= 0.6 is 20.1 Å². The third-order valence-electron chi connectivity index (χ3n) is 3.88. The number of ether oxygens (including phenoxy) is 1. The first-order valence-electron chi connectivity index (χ1n) is 8.21. The standard InChI is InChI=1S/C17H20F4NO4PS/c1-16(2,24)4-3-5-26-10-7-8(15(22)23)6-9-11(17(19,20)21)13(14(18)27-25)28-12(9)10/h6-7,14,24-25,27H,3-5H2,1-2H3,(H2,22,23). The molecule has 0 spiro atoms. The lowest BCUT2D eigenvalue weighted by molar-refractivity contribution is -0.136. The number of thiophene rings is 1. The van der Waals surface area contributed by atoms with Gasteiger partial charge in [-0.3, -0.25) is 4.79 Å². The Bertz CT molecular complexity index is 863. The maximum absolute atomic E-state index is 14.0. The molecule has 28 heavy (non-hydrogen) atoms. The number of rotatable bonds is 8. The number of halogens is 4. The number of alkyl halides is 4.